The van der Waals surface area contributed by atoms with Crippen molar-refractivity contribution in [2.45, 2.75) is 46.1 Å². The highest BCUT2D eigenvalue weighted by Gasteiger charge is 2.26. The minimum atomic E-state index is -0.0971. The van der Waals surface area contributed by atoms with E-state index in [0.717, 1.165) is 30.3 Å². The van der Waals surface area contributed by atoms with Crippen LogP contribution in [0.15, 0.2) is 18.2 Å². The Balaban J connectivity index is 2.00. The number of nitrogens with two attached hydrogens (primary N) is 1. The van der Waals surface area contributed by atoms with Gasteiger partial charge in [0.1, 0.15) is 0 Å². The number of rotatable bonds is 4. The Labute approximate surface area is 127 Å². The van der Waals surface area contributed by atoms with E-state index in [1.54, 1.807) is 0 Å². The smallest absolute Gasteiger partial charge is 0.241 e. The van der Waals surface area contributed by atoms with Crippen molar-refractivity contribution in [3.63, 3.8) is 0 Å². The molecule has 0 aromatic heterocycles. The van der Waals surface area contributed by atoms with Crippen molar-refractivity contribution < 1.29 is 4.79 Å². The van der Waals surface area contributed by atoms with E-state index in [-0.39, 0.29) is 11.9 Å². The molecule has 1 amide bonds. The number of carbonyl (C=O) groups is 1. The Bertz CT molecular complexity index is 501. The summed E-state index contributed by atoms with van der Waals surface area (Å²) in [4.78, 5) is 14.8. The van der Waals surface area contributed by atoms with Crippen LogP contribution in [0.3, 0.4) is 0 Å². The molecule has 0 bridgehead atoms. The first kappa shape index (κ1) is 15.8. The van der Waals surface area contributed by atoms with Crippen LogP contribution in [-0.4, -0.2) is 29.9 Å². The Hall–Kier alpha value is -1.55. The van der Waals surface area contributed by atoms with E-state index in [2.05, 4.69) is 17.1 Å². The van der Waals surface area contributed by atoms with Gasteiger partial charge in [-0.1, -0.05) is 19.4 Å². The van der Waals surface area contributed by atoms with Crippen molar-refractivity contribution in [1.82, 2.24) is 4.90 Å². The highest BCUT2D eigenvalue weighted by molar-refractivity contribution is 5.95. The number of hydrogen-bond donors (Lipinski definition) is 2. The third-order valence-electron chi connectivity index (χ3n) is 4.69. The molecule has 2 unspecified atom stereocenters. The minimum Gasteiger partial charge on any atom is -0.398 e. The lowest BCUT2D eigenvalue weighted by Gasteiger charge is -2.35. The molecule has 1 fully saturated rings. The summed E-state index contributed by atoms with van der Waals surface area (Å²) in [6.07, 6.45) is 3.67. The molecule has 1 heterocycles. The van der Waals surface area contributed by atoms with Gasteiger partial charge in [-0.2, -0.15) is 0 Å². The average Bonchev–Trinajstić information content (AvgIpc) is 2.51. The number of carbonyl (C=O) groups excluding carboxylic acids is 1. The molecule has 1 aromatic rings. The molecular formula is C17H27N3O. The molecule has 0 spiro atoms. The summed E-state index contributed by atoms with van der Waals surface area (Å²) < 4.78 is 0. The van der Waals surface area contributed by atoms with Crippen molar-refractivity contribution in [3.05, 3.63) is 23.8 Å². The summed E-state index contributed by atoms with van der Waals surface area (Å²) in [5, 5.41) is 3.02. The highest BCUT2D eigenvalue weighted by Crippen LogP contribution is 2.23. The molecule has 2 rings (SSSR count). The molecule has 4 nitrogen and oxygen atoms in total. The monoisotopic (exact) mass is 289 g/mol. The Kier molecular flexibility index (Phi) is 5.23. The van der Waals surface area contributed by atoms with Gasteiger partial charge in [0, 0.05) is 17.9 Å². The van der Waals surface area contributed by atoms with E-state index in [9.17, 15) is 4.79 Å². The molecule has 0 radical (unpaired) electrons. The van der Waals surface area contributed by atoms with Gasteiger partial charge in [0.15, 0.2) is 0 Å². The molecular weight excluding hydrogens is 262 g/mol. The van der Waals surface area contributed by atoms with Crippen LogP contribution in [0.5, 0.6) is 0 Å². The van der Waals surface area contributed by atoms with Crippen LogP contribution in [-0.2, 0) is 4.79 Å². The SMILES string of the molecule is CCC1CCCN(C(C)C(=O)Nc2cccc(N)c2C)C1. The number of nitrogen functional groups attached to an aromatic ring is 1. The van der Waals surface area contributed by atoms with E-state index >= 15 is 0 Å². The number of likely N-dealkylation sites (tertiary alicyclic amines) is 1. The molecule has 1 aliphatic heterocycles. The molecule has 1 aliphatic rings. The number of piperidine rings is 1. The normalized spacial score (nSPS) is 21.0. The second kappa shape index (κ2) is 6.94. The summed E-state index contributed by atoms with van der Waals surface area (Å²) in [5.41, 5.74) is 8.35. The van der Waals surface area contributed by atoms with Gasteiger partial charge < -0.3 is 11.1 Å². The van der Waals surface area contributed by atoms with Crippen molar-refractivity contribution >= 4 is 17.3 Å². The molecule has 0 aliphatic carbocycles. The lowest BCUT2D eigenvalue weighted by Crippen LogP contribution is -2.47. The zero-order chi connectivity index (χ0) is 15.4. The predicted octanol–water partition coefficient (Wildman–Crippen LogP) is 3.03. The fraction of sp³-hybridized carbons (Fsp3) is 0.588. The van der Waals surface area contributed by atoms with Gasteiger partial charge in [-0.05, 0) is 56.8 Å². The quantitative estimate of drug-likeness (QED) is 0.838. The third-order valence-corrected chi connectivity index (χ3v) is 4.69. The Morgan fingerprint density at radius 3 is 3.00 bits per heavy atom. The zero-order valence-electron chi connectivity index (χ0n) is 13.4. The fourth-order valence-electron chi connectivity index (χ4n) is 2.97. The van der Waals surface area contributed by atoms with Gasteiger partial charge in [-0.25, -0.2) is 0 Å². The number of amides is 1. The van der Waals surface area contributed by atoms with Crippen LogP contribution in [0.25, 0.3) is 0 Å². The van der Waals surface area contributed by atoms with E-state index < -0.39 is 0 Å². The van der Waals surface area contributed by atoms with Gasteiger partial charge in [-0.15, -0.1) is 0 Å². The molecule has 1 saturated heterocycles. The topological polar surface area (TPSA) is 58.4 Å². The van der Waals surface area contributed by atoms with Crippen LogP contribution in [0.1, 0.15) is 38.7 Å². The van der Waals surface area contributed by atoms with Crippen LogP contribution < -0.4 is 11.1 Å². The predicted molar refractivity (Wildman–Crippen MR) is 88.3 cm³/mol. The lowest BCUT2D eigenvalue weighted by molar-refractivity contribution is -0.121. The van der Waals surface area contributed by atoms with Gasteiger partial charge in [0.25, 0.3) is 0 Å². The fourth-order valence-corrected chi connectivity index (χ4v) is 2.97. The average molecular weight is 289 g/mol. The largest absolute Gasteiger partial charge is 0.398 e. The Morgan fingerprint density at radius 1 is 1.52 bits per heavy atom. The summed E-state index contributed by atoms with van der Waals surface area (Å²) in [6.45, 7) is 8.20. The van der Waals surface area contributed by atoms with E-state index in [4.69, 9.17) is 5.73 Å². The maximum Gasteiger partial charge on any atom is 0.241 e. The van der Waals surface area contributed by atoms with E-state index in [1.165, 1.54) is 19.3 Å². The maximum absolute atomic E-state index is 12.5. The molecule has 1 aromatic carbocycles. The first-order chi connectivity index (χ1) is 10.0. The number of nitrogens with zero attached hydrogens (tertiary/aromatic N) is 1. The van der Waals surface area contributed by atoms with Gasteiger partial charge in [0.05, 0.1) is 6.04 Å². The molecule has 0 saturated carbocycles. The third kappa shape index (κ3) is 3.76. The first-order valence-corrected chi connectivity index (χ1v) is 7.93. The molecule has 116 valence electrons. The number of anilines is 2. The standard InChI is InChI=1S/C17H27N3O/c1-4-14-7-6-10-20(11-14)13(3)17(21)19-16-9-5-8-15(18)12(16)2/h5,8-9,13-14H,4,6-7,10-11,18H2,1-3H3,(H,19,21). The molecule has 21 heavy (non-hydrogen) atoms. The number of hydrogen-bond acceptors (Lipinski definition) is 3. The lowest BCUT2D eigenvalue weighted by atomic mass is 9.94. The summed E-state index contributed by atoms with van der Waals surface area (Å²) >= 11 is 0. The molecule has 4 heteroatoms. The van der Waals surface area contributed by atoms with Crippen molar-refractivity contribution in [1.29, 1.82) is 0 Å². The number of nitrogens with one attached hydrogen (secondary N) is 1. The maximum atomic E-state index is 12.5. The first-order valence-electron chi connectivity index (χ1n) is 7.93. The second-order valence-corrected chi connectivity index (χ2v) is 6.10. The molecule has 3 N–H and O–H groups in total. The van der Waals surface area contributed by atoms with E-state index in [0.29, 0.717) is 5.69 Å². The second-order valence-electron chi connectivity index (χ2n) is 6.10. The number of benzene rings is 1. The van der Waals surface area contributed by atoms with Crippen LogP contribution >= 0.6 is 0 Å². The molecule has 2 atom stereocenters. The van der Waals surface area contributed by atoms with Crippen LogP contribution in [0.4, 0.5) is 11.4 Å². The minimum absolute atomic E-state index is 0.0560. The van der Waals surface area contributed by atoms with Crippen molar-refractivity contribution in [2.75, 3.05) is 24.1 Å². The van der Waals surface area contributed by atoms with Crippen molar-refractivity contribution in [3.8, 4) is 0 Å². The summed E-state index contributed by atoms with van der Waals surface area (Å²) in [6, 6.07) is 5.53. The van der Waals surface area contributed by atoms with Crippen LogP contribution in [0, 0.1) is 12.8 Å². The summed E-state index contributed by atoms with van der Waals surface area (Å²) in [7, 11) is 0. The summed E-state index contributed by atoms with van der Waals surface area (Å²) in [5.74, 6) is 0.781. The Morgan fingerprint density at radius 2 is 2.29 bits per heavy atom. The highest BCUT2D eigenvalue weighted by atomic mass is 16.2. The van der Waals surface area contributed by atoms with Crippen LogP contribution in [0.2, 0.25) is 0 Å². The zero-order valence-corrected chi connectivity index (χ0v) is 13.4. The van der Waals surface area contributed by atoms with E-state index in [1.807, 2.05) is 32.0 Å². The van der Waals surface area contributed by atoms with Gasteiger partial charge in [0.2, 0.25) is 5.91 Å². The van der Waals surface area contributed by atoms with Gasteiger partial charge >= 0.3 is 0 Å². The van der Waals surface area contributed by atoms with Gasteiger partial charge in [-0.3, -0.25) is 9.69 Å². The van der Waals surface area contributed by atoms with Crippen molar-refractivity contribution in [2.24, 2.45) is 5.92 Å².